The van der Waals surface area contributed by atoms with Crippen LogP contribution in [-0.2, 0) is 17.8 Å². The molecule has 0 spiro atoms. The third-order valence-corrected chi connectivity index (χ3v) is 5.05. The summed E-state index contributed by atoms with van der Waals surface area (Å²) >= 11 is 0. The molecule has 142 valence electrons. The molecule has 1 N–H and O–H groups in total. The quantitative estimate of drug-likeness (QED) is 0.575. The summed E-state index contributed by atoms with van der Waals surface area (Å²) in [6.45, 7) is 4.15. The largest absolute Gasteiger partial charge is 0.352 e. The third kappa shape index (κ3) is 3.33. The number of aromatic nitrogens is 3. The fraction of sp³-hybridized carbons (Fsp3) is 0.227. The summed E-state index contributed by atoms with van der Waals surface area (Å²) in [4.78, 5) is 17.0. The van der Waals surface area contributed by atoms with Crippen molar-refractivity contribution in [3.05, 3.63) is 76.9 Å². The van der Waals surface area contributed by atoms with Crippen LogP contribution in [0.3, 0.4) is 0 Å². The van der Waals surface area contributed by atoms with Crippen molar-refractivity contribution in [3.8, 4) is 0 Å². The smallest absolute Gasteiger partial charge is 0.220 e. The molecule has 4 rings (SSSR count). The Balaban J connectivity index is 1.51. The van der Waals surface area contributed by atoms with Crippen molar-refractivity contribution >= 4 is 22.5 Å². The van der Waals surface area contributed by atoms with E-state index in [0.29, 0.717) is 18.4 Å². The number of benzene rings is 2. The monoisotopic (exact) mass is 376 g/mol. The second-order valence-electron chi connectivity index (χ2n) is 6.88. The molecule has 0 saturated carbocycles. The lowest BCUT2D eigenvalue weighted by molar-refractivity contribution is -0.121. The average molecular weight is 376 g/mol. The van der Waals surface area contributed by atoms with Gasteiger partial charge in [0.2, 0.25) is 5.91 Å². The Bertz CT molecular complexity index is 1180. The molecule has 0 radical (unpaired) electrons. The molecular formula is C22H21FN4O. The van der Waals surface area contributed by atoms with Crippen LogP contribution < -0.4 is 5.32 Å². The van der Waals surface area contributed by atoms with Crippen molar-refractivity contribution in [2.75, 3.05) is 0 Å². The lowest BCUT2D eigenvalue weighted by Gasteiger charge is -2.11. The van der Waals surface area contributed by atoms with Crippen LogP contribution >= 0.6 is 0 Å². The van der Waals surface area contributed by atoms with Crippen molar-refractivity contribution in [2.45, 2.75) is 33.2 Å². The Labute approximate surface area is 162 Å². The van der Waals surface area contributed by atoms with Crippen molar-refractivity contribution in [2.24, 2.45) is 0 Å². The minimum Gasteiger partial charge on any atom is -0.352 e. The van der Waals surface area contributed by atoms with E-state index in [4.69, 9.17) is 4.98 Å². The molecule has 2 aromatic carbocycles. The Morgan fingerprint density at radius 2 is 1.86 bits per heavy atom. The number of halogens is 1. The minimum atomic E-state index is -0.310. The van der Waals surface area contributed by atoms with Gasteiger partial charge in [-0.2, -0.15) is 5.10 Å². The Kier molecular flexibility index (Phi) is 4.77. The number of rotatable bonds is 5. The maximum absolute atomic E-state index is 13.7. The minimum absolute atomic E-state index is 0.118. The van der Waals surface area contributed by atoms with Crippen molar-refractivity contribution < 1.29 is 9.18 Å². The molecule has 0 aliphatic heterocycles. The molecule has 1 amide bonds. The molecule has 28 heavy (non-hydrogen) atoms. The number of aryl methyl sites for hydroxylation is 2. The van der Waals surface area contributed by atoms with Gasteiger partial charge in [-0.25, -0.2) is 13.9 Å². The molecule has 0 atom stereocenters. The zero-order valence-electron chi connectivity index (χ0n) is 15.9. The Morgan fingerprint density at radius 3 is 2.68 bits per heavy atom. The van der Waals surface area contributed by atoms with Crippen LogP contribution in [0.15, 0.2) is 48.5 Å². The van der Waals surface area contributed by atoms with E-state index in [2.05, 4.69) is 10.4 Å². The molecule has 0 aliphatic rings. The number of carbonyl (C=O) groups is 1. The van der Waals surface area contributed by atoms with Crippen LogP contribution in [0.1, 0.15) is 28.9 Å². The van der Waals surface area contributed by atoms with Crippen molar-refractivity contribution in [3.63, 3.8) is 0 Å². The second kappa shape index (κ2) is 7.38. The fourth-order valence-corrected chi connectivity index (χ4v) is 3.50. The average Bonchev–Trinajstić information content (AvgIpc) is 3.06. The van der Waals surface area contributed by atoms with E-state index in [0.717, 1.165) is 33.5 Å². The van der Waals surface area contributed by atoms with Gasteiger partial charge in [0.25, 0.3) is 0 Å². The van der Waals surface area contributed by atoms with E-state index in [9.17, 15) is 9.18 Å². The number of fused-ring (bicyclic) bond motifs is 3. The predicted molar refractivity (Wildman–Crippen MR) is 107 cm³/mol. The molecule has 0 aliphatic carbocycles. The molecule has 0 unspecified atom stereocenters. The molecule has 5 nitrogen and oxygen atoms in total. The number of nitrogens with one attached hydrogen (secondary N) is 1. The van der Waals surface area contributed by atoms with Gasteiger partial charge in [-0.1, -0.05) is 30.3 Å². The fourth-order valence-electron chi connectivity index (χ4n) is 3.50. The van der Waals surface area contributed by atoms with E-state index >= 15 is 0 Å². The van der Waals surface area contributed by atoms with E-state index < -0.39 is 0 Å². The van der Waals surface area contributed by atoms with E-state index in [-0.39, 0.29) is 18.3 Å². The number of nitrogens with zero attached hydrogens (tertiary/aromatic N) is 3. The molecule has 2 aromatic heterocycles. The zero-order valence-corrected chi connectivity index (χ0v) is 15.9. The normalized spacial score (nSPS) is 11.2. The molecule has 4 aromatic rings. The second-order valence-corrected chi connectivity index (χ2v) is 6.88. The van der Waals surface area contributed by atoms with Crippen LogP contribution in [0.5, 0.6) is 0 Å². The highest BCUT2D eigenvalue weighted by Crippen LogP contribution is 2.22. The molecule has 0 saturated heterocycles. The summed E-state index contributed by atoms with van der Waals surface area (Å²) in [6, 6.07) is 14.4. The van der Waals surface area contributed by atoms with E-state index in [1.807, 2.05) is 42.6 Å². The summed E-state index contributed by atoms with van der Waals surface area (Å²) in [7, 11) is 0. The van der Waals surface area contributed by atoms with Crippen LogP contribution in [0.4, 0.5) is 4.39 Å². The van der Waals surface area contributed by atoms with Gasteiger partial charge in [0.15, 0.2) is 5.65 Å². The van der Waals surface area contributed by atoms with Crippen LogP contribution in [-0.4, -0.2) is 20.5 Å². The summed E-state index contributed by atoms with van der Waals surface area (Å²) in [5, 5.41) is 8.44. The van der Waals surface area contributed by atoms with E-state index in [1.165, 1.54) is 6.07 Å². The lowest BCUT2D eigenvalue weighted by Crippen LogP contribution is -2.24. The number of hydrogen-bond donors (Lipinski definition) is 1. The SMILES string of the molecule is Cc1nc2c3ccccc3nn2c(C)c1CCC(=O)NCc1ccccc1F. The van der Waals surface area contributed by atoms with Gasteiger partial charge in [0.1, 0.15) is 5.82 Å². The predicted octanol–water partition coefficient (Wildman–Crippen LogP) is 3.89. The van der Waals surface area contributed by atoms with Gasteiger partial charge in [-0.05, 0) is 44.0 Å². The van der Waals surface area contributed by atoms with Gasteiger partial charge in [-0.3, -0.25) is 4.79 Å². The lowest BCUT2D eigenvalue weighted by atomic mass is 10.1. The van der Waals surface area contributed by atoms with Gasteiger partial charge >= 0.3 is 0 Å². The Hall–Kier alpha value is -3.28. The van der Waals surface area contributed by atoms with Crippen LogP contribution in [0.2, 0.25) is 0 Å². The van der Waals surface area contributed by atoms with Gasteiger partial charge in [0, 0.05) is 35.3 Å². The van der Waals surface area contributed by atoms with Gasteiger partial charge in [-0.15, -0.1) is 0 Å². The topological polar surface area (TPSA) is 59.3 Å². The maximum atomic E-state index is 13.7. The van der Waals surface area contributed by atoms with E-state index in [1.54, 1.807) is 18.2 Å². The number of hydrogen-bond acceptors (Lipinski definition) is 3. The first-order valence-corrected chi connectivity index (χ1v) is 9.28. The first-order chi connectivity index (χ1) is 13.5. The highest BCUT2D eigenvalue weighted by atomic mass is 19.1. The highest BCUT2D eigenvalue weighted by molar-refractivity contribution is 5.92. The first-order valence-electron chi connectivity index (χ1n) is 9.28. The summed E-state index contributed by atoms with van der Waals surface area (Å²) in [5.41, 5.74) is 5.12. The maximum Gasteiger partial charge on any atom is 0.220 e. The van der Waals surface area contributed by atoms with Crippen LogP contribution in [0.25, 0.3) is 16.6 Å². The summed E-state index contributed by atoms with van der Waals surface area (Å²) < 4.78 is 15.5. The van der Waals surface area contributed by atoms with Crippen molar-refractivity contribution in [1.82, 2.24) is 19.9 Å². The summed E-state index contributed by atoms with van der Waals surface area (Å²) in [6.07, 6.45) is 0.865. The van der Waals surface area contributed by atoms with Gasteiger partial charge in [0.05, 0.1) is 5.52 Å². The molecular weight excluding hydrogens is 355 g/mol. The van der Waals surface area contributed by atoms with Crippen LogP contribution in [0, 0.1) is 19.7 Å². The van der Waals surface area contributed by atoms with Gasteiger partial charge < -0.3 is 5.32 Å². The standard InChI is InChI=1S/C22H21FN4O/c1-14-17(11-12-21(28)24-13-16-7-3-5-9-19(16)23)15(2)27-22(25-14)18-8-4-6-10-20(18)26-27/h3-10H,11-13H2,1-2H3,(H,24,28). The zero-order chi connectivity index (χ0) is 19.7. The van der Waals surface area contributed by atoms with Crippen molar-refractivity contribution in [1.29, 1.82) is 0 Å². The Morgan fingerprint density at radius 1 is 1.11 bits per heavy atom. The molecule has 2 heterocycles. The number of amides is 1. The third-order valence-electron chi connectivity index (χ3n) is 5.05. The molecule has 0 fully saturated rings. The highest BCUT2D eigenvalue weighted by Gasteiger charge is 2.15. The summed E-state index contributed by atoms with van der Waals surface area (Å²) in [5.74, 6) is -0.428. The number of carbonyl (C=O) groups excluding carboxylic acids is 1. The molecule has 6 heteroatoms. The first kappa shape index (κ1) is 18.1. The molecule has 0 bridgehead atoms.